The smallest absolute Gasteiger partial charge is 0.245 e. The van der Waals surface area contributed by atoms with Gasteiger partial charge < -0.3 is 9.80 Å². The summed E-state index contributed by atoms with van der Waals surface area (Å²) in [5.74, 6) is 0. The average molecular weight is 507 g/mol. The van der Waals surface area contributed by atoms with E-state index in [1.165, 1.54) is 18.4 Å². The molecule has 0 bridgehead atoms. The van der Waals surface area contributed by atoms with Crippen LogP contribution < -0.4 is 0 Å². The molecule has 5 rings (SSSR count). The lowest BCUT2D eigenvalue weighted by atomic mass is 10.0. The van der Waals surface area contributed by atoms with E-state index >= 15 is 0 Å². The van der Waals surface area contributed by atoms with Gasteiger partial charge >= 0.3 is 0 Å². The van der Waals surface area contributed by atoms with E-state index < -0.39 is 10.0 Å². The molecule has 1 aromatic heterocycles. The molecule has 0 atom stereocenters. The Kier molecular flexibility index (Phi) is 8.32. The predicted molar refractivity (Wildman–Crippen MR) is 146 cm³/mol. The lowest BCUT2D eigenvalue weighted by Crippen LogP contribution is -2.49. The molecule has 3 heterocycles. The van der Waals surface area contributed by atoms with Crippen molar-refractivity contribution in [3.05, 3.63) is 72.4 Å². The molecule has 0 aliphatic carbocycles. The molecule has 192 valence electrons. The molecular weight excluding hydrogens is 468 g/mol. The molecule has 3 aromatic rings. The van der Waals surface area contributed by atoms with Gasteiger partial charge in [-0.2, -0.15) is 4.31 Å². The molecule has 36 heavy (non-hydrogen) atoms. The molecule has 2 aromatic carbocycles. The topological polar surface area (TPSA) is 56.8 Å². The molecule has 0 N–H and O–H groups in total. The summed E-state index contributed by atoms with van der Waals surface area (Å²) in [5.41, 5.74) is 1.96. The summed E-state index contributed by atoms with van der Waals surface area (Å²) in [5, 5.41) is 0.867. The quantitative estimate of drug-likeness (QED) is 0.408. The Morgan fingerprint density at radius 3 is 2.33 bits per heavy atom. The van der Waals surface area contributed by atoms with Gasteiger partial charge in [0.15, 0.2) is 0 Å². The zero-order valence-electron chi connectivity index (χ0n) is 21.1. The van der Waals surface area contributed by atoms with E-state index in [4.69, 9.17) is 0 Å². The number of hydrogen-bond acceptors (Lipinski definition) is 5. The Balaban J connectivity index is 1.28. The minimum atomic E-state index is -3.66. The van der Waals surface area contributed by atoms with Gasteiger partial charge in [0.05, 0.1) is 5.52 Å². The first-order valence-electron chi connectivity index (χ1n) is 13.5. The fourth-order valence-electron chi connectivity index (χ4n) is 5.74. The minimum Gasteiger partial charge on any atom is -0.303 e. The largest absolute Gasteiger partial charge is 0.303 e. The Bertz CT molecular complexity index is 1220. The van der Waals surface area contributed by atoms with Crippen LogP contribution in [0.3, 0.4) is 0 Å². The van der Waals surface area contributed by atoms with Crippen molar-refractivity contribution in [1.82, 2.24) is 19.1 Å². The molecule has 2 aliphatic heterocycles. The average Bonchev–Trinajstić information content (AvgIpc) is 3.43. The Morgan fingerprint density at radius 1 is 0.833 bits per heavy atom. The van der Waals surface area contributed by atoms with Crippen LogP contribution in [0.15, 0.2) is 71.8 Å². The van der Waals surface area contributed by atoms with E-state index in [2.05, 4.69) is 45.1 Å². The molecule has 0 saturated carbocycles. The maximum atomic E-state index is 14.1. The second-order valence-corrected chi connectivity index (χ2v) is 12.0. The second kappa shape index (κ2) is 11.8. The van der Waals surface area contributed by atoms with Crippen molar-refractivity contribution < 1.29 is 8.42 Å². The first kappa shape index (κ1) is 25.3. The number of aryl methyl sites for hydroxylation is 1. The maximum absolute atomic E-state index is 14.1. The molecule has 0 spiro atoms. The van der Waals surface area contributed by atoms with Crippen LogP contribution in [0.25, 0.3) is 10.9 Å². The summed E-state index contributed by atoms with van der Waals surface area (Å²) >= 11 is 0. The normalized spacial score (nSPS) is 18.4. The van der Waals surface area contributed by atoms with E-state index in [1.807, 2.05) is 28.6 Å². The predicted octanol–water partition coefficient (Wildman–Crippen LogP) is 4.42. The number of pyridine rings is 1. The van der Waals surface area contributed by atoms with Crippen LogP contribution in [0.1, 0.15) is 37.7 Å². The van der Waals surface area contributed by atoms with Gasteiger partial charge in [0.1, 0.15) is 4.90 Å². The number of benzene rings is 2. The van der Waals surface area contributed by atoms with Crippen LogP contribution in [-0.2, 0) is 16.4 Å². The number of rotatable bonds is 10. The number of fused-ring (bicyclic) bond motifs is 1. The van der Waals surface area contributed by atoms with Crippen molar-refractivity contribution in [3.63, 3.8) is 0 Å². The van der Waals surface area contributed by atoms with Crippen molar-refractivity contribution in [2.45, 2.75) is 49.5 Å². The first-order chi connectivity index (χ1) is 17.6. The van der Waals surface area contributed by atoms with Crippen LogP contribution in [0.4, 0.5) is 0 Å². The van der Waals surface area contributed by atoms with Crippen LogP contribution in [0.5, 0.6) is 0 Å². The van der Waals surface area contributed by atoms with Crippen LogP contribution in [-0.4, -0.2) is 79.4 Å². The van der Waals surface area contributed by atoms with Crippen LogP contribution in [0.2, 0.25) is 0 Å². The van der Waals surface area contributed by atoms with E-state index in [9.17, 15) is 8.42 Å². The highest BCUT2D eigenvalue weighted by molar-refractivity contribution is 7.89. The molecule has 0 unspecified atom stereocenters. The third-order valence-electron chi connectivity index (χ3n) is 7.76. The monoisotopic (exact) mass is 506 g/mol. The van der Waals surface area contributed by atoms with E-state index in [1.54, 1.807) is 12.3 Å². The highest BCUT2D eigenvalue weighted by Crippen LogP contribution is 2.29. The SMILES string of the molecule is O=S(=O)(c1cccc2cccnc12)N(CCN1CCCC1)C1CCN(CCCc2ccccc2)CC1. The summed E-state index contributed by atoms with van der Waals surface area (Å²) in [6.07, 6.45) is 8.08. The van der Waals surface area contributed by atoms with Crippen molar-refractivity contribution in [3.8, 4) is 0 Å². The van der Waals surface area contributed by atoms with Gasteiger partial charge in [0.25, 0.3) is 0 Å². The second-order valence-electron chi connectivity index (χ2n) is 10.2. The molecule has 2 saturated heterocycles. The number of sulfonamides is 1. The third-order valence-corrected chi connectivity index (χ3v) is 9.75. The zero-order chi connectivity index (χ0) is 24.8. The number of piperidine rings is 1. The summed E-state index contributed by atoms with van der Waals surface area (Å²) < 4.78 is 30.0. The first-order valence-corrected chi connectivity index (χ1v) is 14.9. The number of likely N-dealkylation sites (tertiary alicyclic amines) is 2. The zero-order valence-corrected chi connectivity index (χ0v) is 22.0. The molecule has 2 fully saturated rings. The summed E-state index contributed by atoms with van der Waals surface area (Å²) in [4.78, 5) is 9.71. The number of aromatic nitrogens is 1. The highest BCUT2D eigenvalue weighted by Gasteiger charge is 2.35. The fraction of sp³-hybridized carbons (Fsp3) is 0.483. The Labute approximate surface area is 216 Å². The van der Waals surface area contributed by atoms with Crippen molar-refractivity contribution >= 4 is 20.9 Å². The van der Waals surface area contributed by atoms with Crippen LogP contribution in [0, 0.1) is 0 Å². The molecule has 6 nitrogen and oxygen atoms in total. The standard InChI is InChI=1S/C29H38N4O2S/c34-36(35,28-14-6-12-26-13-7-17-30-29(26)28)33(24-23-31-18-4-5-19-31)27-15-21-32(22-16-27)20-8-11-25-9-2-1-3-10-25/h1-3,6-7,9-10,12-14,17,27H,4-5,8,11,15-16,18-24H2. The Hall–Kier alpha value is -2.32. The lowest BCUT2D eigenvalue weighted by molar-refractivity contribution is 0.151. The van der Waals surface area contributed by atoms with Gasteiger partial charge in [0, 0.05) is 30.7 Å². The number of nitrogens with zero attached hydrogens (tertiary/aromatic N) is 4. The van der Waals surface area contributed by atoms with Gasteiger partial charge in [0.2, 0.25) is 10.0 Å². The van der Waals surface area contributed by atoms with Crippen molar-refractivity contribution in [2.24, 2.45) is 0 Å². The van der Waals surface area contributed by atoms with E-state index in [0.29, 0.717) is 17.0 Å². The summed E-state index contributed by atoms with van der Waals surface area (Å²) in [7, 11) is -3.66. The minimum absolute atomic E-state index is 0.0296. The fourth-order valence-corrected chi connectivity index (χ4v) is 7.58. The van der Waals surface area contributed by atoms with Gasteiger partial charge in [-0.15, -0.1) is 0 Å². The lowest BCUT2D eigenvalue weighted by Gasteiger charge is -2.38. The molecule has 0 amide bonds. The van der Waals surface area contributed by atoms with Gasteiger partial charge in [-0.1, -0.05) is 48.5 Å². The summed E-state index contributed by atoms with van der Waals surface area (Å²) in [6.45, 7) is 6.45. The van der Waals surface area contributed by atoms with Gasteiger partial charge in [-0.05, 0) is 88.9 Å². The van der Waals surface area contributed by atoms with E-state index in [0.717, 1.165) is 70.3 Å². The van der Waals surface area contributed by atoms with Gasteiger partial charge in [-0.25, -0.2) is 8.42 Å². The van der Waals surface area contributed by atoms with E-state index in [-0.39, 0.29) is 6.04 Å². The molecule has 7 heteroatoms. The third kappa shape index (κ3) is 5.97. The van der Waals surface area contributed by atoms with Crippen LogP contribution >= 0.6 is 0 Å². The molecule has 2 aliphatic rings. The van der Waals surface area contributed by atoms with Crippen molar-refractivity contribution in [2.75, 3.05) is 45.8 Å². The van der Waals surface area contributed by atoms with Crippen molar-refractivity contribution in [1.29, 1.82) is 0 Å². The number of para-hydroxylation sites is 1. The molecule has 0 radical (unpaired) electrons. The molecular formula is C29H38N4O2S. The number of hydrogen-bond donors (Lipinski definition) is 0. The van der Waals surface area contributed by atoms with Gasteiger partial charge in [-0.3, -0.25) is 4.98 Å². The maximum Gasteiger partial charge on any atom is 0.245 e. The Morgan fingerprint density at radius 2 is 1.56 bits per heavy atom. The summed E-state index contributed by atoms with van der Waals surface area (Å²) in [6, 6.07) is 20.0. The highest BCUT2D eigenvalue weighted by atomic mass is 32.2.